The van der Waals surface area contributed by atoms with Crippen LogP contribution >= 0.6 is 23.2 Å². The summed E-state index contributed by atoms with van der Waals surface area (Å²) < 4.78 is 0. The predicted molar refractivity (Wildman–Crippen MR) is 82.6 cm³/mol. The Bertz CT molecular complexity index is 668. The molecule has 3 heteroatoms. The molecule has 2 aromatic carbocycles. The Morgan fingerprint density at radius 1 is 0.947 bits per heavy atom. The fourth-order valence-electron chi connectivity index (χ4n) is 2.26. The topological polar surface area (TPSA) is 26.0 Å². The molecule has 0 saturated heterocycles. The predicted octanol–water partition coefficient (Wildman–Crippen LogP) is 5.17. The summed E-state index contributed by atoms with van der Waals surface area (Å²) in [5.41, 5.74) is 11.4. The van der Waals surface area contributed by atoms with E-state index in [1.54, 1.807) is 6.07 Å². The molecule has 1 saturated carbocycles. The Morgan fingerprint density at radius 3 is 2.32 bits per heavy atom. The van der Waals surface area contributed by atoms with Crippen molar-refractivity contribution in [3.63, 3.8) is 0 Å². The molecule has 1 aliphatic carbocycles. The molecule has 0 heterocycles. The Morgan fingerprint density at radius 2 is 1.68 bits per heavy atom. The molecular weight excluding hydrogens is 277 g/mol. The maximum Gasteiger partial charge on any atom is 0.0484 e. The van der Waals surface area contributed by atoms with Gasteiger partial charge in [-0.3, -0.25) is 0 Å². The van der Waals surface area contributed by atoms with Gasteiger partial charge in [0.05, 0.1) is 0 Å². The quantitative estimate of drug-likeness (QED) is 0.758. The van der Waals surface area contributed by atoms with Gasteiger partial charge < -0.3 is 5.73 Å². The first-order chi connectivity index (χ1) is 9.16. The van der Waals surface area contributed by atoms with E-state index >= 15 is 0 Å². The van der Waals surface area contributed by atoms with Crippen LogP contribution in [0.3, 0.4) is 0 Å². The maximum atomic E-state index is 6.32. The van der Waals surface area contributed by atoms with Gasteiger partial charge in [-0.1, -0.05) is 53.0 Å². The largest absolute Gasteiger partial charge is 0.398 e. The summed E-state index contributed by atoms with van der Waals surface area (Å²) >= 11 is 12.3. The minimum Gasteiger partial charge on any atom is -0.398 e. The molecule has 0 amide bonds. The molecule has 1 aliphatic rings. The van der Waals surface area contributed by atoms with Crippen molar-refractivity contribution in [3.05, 3.63) is 69.2 Å². The van der Waals surface area contributed by atoms with Crippen LogP contribution in [-0.2, 0) is 0 Å². The van der Waals surface area contributed by atoms with Crippen molar-refractivity contribution in [1.29, 1.82) is 0 Å². The second kappa shape index (κ2) is 4.92. The Labute approximate surface area is 122 Å². The molecule has 0 radical (unpaired) electrons. The van der Waals surface area contributed by atoms with E-state index in [9.17, 15) is 0 Å². The van der Waals surface area contributed by atoms with Gasteiger partial charge >= 0.3 is 0 Å². The second-order valence-corrected chi connectivity index (χ2v) is 5.53. The van der Waals surface area contributed by atoms with Crippen LogP contribution in [0, 0.1) is 0 Å². The molecule has 1 nitrogen and oxygen atoms in total. The summed E-state index contributed by atoms with van der Waals surface area (Å²) in [6.45, 7) is 0. The number of anilines is 1. The summed E-state index contributed by atoms with van der Waals surface area (Å²) in [4.78, 5) is 0. The first kappa shape index (κ1) is 12.6. The van der Waals surface area contributed by atoms with Crippen LogP contribution in [0.25, 0.3) is 5.57 Å². The molecular formula is C16H13Cl2N. The van der Waals surface area contributed by atoms with Crippen LogP contribution in [0.5, 0.6) is 0 Å². The van der Waals surface area contributed by atoms with Gasteiger partial charge in [-0.05, 0) is 36.6 Å². The lowest BCUT2D eigenvalue weighted by molar-refractivity contribution is 1.50. The number of hydrogen-bond donors (Lipinski definition) is 1. The lowest BCUT2D eigenvalue weighted by Gasteiger charge is -2.13. The Hall–Kier alpha value is -1.44. The Balaban J connectivity index is 2.20. The average molecular weight is 290 g/mol. The van der Waals surface area contributed by atoms with Crippen molar-refractivity contribution in [2.45, 2.75) is 12.8 Å². The van der Waals surface area contributed by atoms with E-state index in [2.05, 4.69) is 0 Å². The highest BCUT2D eigenvalue weighted by molar-refractivity contribution is 6.33. The van der Waals surface area contributed by atoms with Gasteiger partial charge in [-0.2, -0.15) is 0 Å². The fraction of sp³-hybridized carbons (Fsp3) is 0.125. The number of rotatable bonds is 2. The summed E-state index contributed by atoms with van der Waals surface area (Å²) in [7, 11) is 0. The molecule has 19 heavy (non-hydrogen) atoms. The van der Waals surface area contributed by atoms with Gasteiger partial charge in [-0.15, -0.1) is 0 Å². The number of nitrogens with two attached hydrogens (primary N) is 1. The molecule has 0 spiro atoms. The van der Waals surface area contributed by atoms with E-state index in [-0.39, 0.29) is 0 Å². The number of halogens is 2. The number of nitrogen functional groups attached to an aromatic ring is 1. The fourth-order valence-corrected chi connectivity index (χ4v) is 2.67. The second-order valence-electron chi connectivity index (χ2n) is 4.69. The highest BCUT2D eigenvalue weighted by Gasteiger charge is 2.23. The summed E-state index contributed by atoms with van der Waals surface area (Å²) in [6.07, 6.45) is 2.23. The zero-order valence-electron chi connectivity index (χ0n) is 10.3. The van der Waals surface area contributed by atoms with E-state index in [1.165, 1.54) is 11.1 Å². The summed E-state index contributed by atoms with van der Waals surface area (Å²) in [5, 5.41) is 1.41. The first-order valence-corrected chi connectivity index (χ1v) is 6.95. The molecule has 0 atom stereocenters. The molecule has 0 unspecified atom stereocenters. The van der Waals surface area contributed by atoms with E-state index in [4.69, 9.17) is 28.9 Å². The molecule has 2 aromatic rings. The third-order valence-corrected chi connectivity index (χ3v) is 3.84. The van der Waals surface area contributed by atoms with Gasteiger partial charge in [0.1, 0.15) is 0 Å². The van der Waals surface area contributed by atoms with Crippen LogP contribution in [0.4, 0.5) is 5.69 Å². The van der Waals surface area contributed by atoms with Crippen LogP contribution in [-0.4, -0.2) is 0 Å². The minimum atomic E-state index is 0.653. The number of benzene rings is 2. The lowest BCUT2D eigenvalue weighted by Crippen LogP contribution is -1.96. The average Bonchev–Trinajstić information content (AvgIpc) is 3.19. The lowest BCUT2D eigenvalue weighted by atomic mass is 9.95. The minimum absolute atomic E-state index is 0.653. The van der Waals surface area contributed by atoms with E-state index in [0.717, 1.165) is 29.0 Å². The van der Waals surface area contributed by atoms with Gasteiger partial charge in [0.2, 0.25) is 0 Å². The van der Waals surface area contributed by atoms with Crippen molar-refractivity contribution in [1.82, 2.24) is 0 Å². The van der Waals surface area contributed by atoms with Crippen LogP contribution in [0.15, 0.2) is 48.0 Å². The smallest absolute Gasteiger partial charge is 0.0484 e. The van der Waals surface area contributed by atoms with Crippen LogP contribution in [0.2, 0.25) is 10.0 Å². The van der Waals surface area contributed by atoms with Crippen molar-refractivity contribution >= 4 is 34.5 Å². The number of allylic oxidation sites excluding steroid dienone is 1. The third kappa shape index (κ3) is 2.49. The van der Waals surface area contributed by atoms with Gasteiger partial charge in [-0.25, -0.2) is 0 Å². The molecule has 0 aromatic heterocycles. The normalized spacial score (nSPS) is 13.5. The molecule has 96 valence electrons. The van der Waals surface area contributed by atoms with Crippen molar-refractivity contribution in [3.8, 4) is 0 Å². The van der Waals surface area contributed by atoms with E-state index in [1.807, 2.05) is 36.4 Å². The van der Waals surface area contributed by atoms with Crippen LogP contribution < -0.4 is 5.73 Å². The highest BCUT2D eigenvalue weighted by Crippen LogP contribution is 2.43. The molecule has 2 N–H and O–H groups in total. The van der Waals surface area contributed by atoms with Crippen LogP contribution in [0.1, 0.15) is 24.0 Å². The third-order valence-electron chi connectivity index (χ3n) is 3.28. The molecule has 0 aliphatic heterocycles. The molecule has 3 rings (SSSR count). The maximum absolute atomic E-state index is 6.32. The zero-order valence-corrected chi connectivity index (χ0v) is 11.8. The van der Waals surface area contributed by atoms with Crippen molar-refractivity contribution < 1.29 is 0 Å². The summed E-state index contributed by atoms with van der Waals surface area (Å²) in [6, 6.07) is 13.5. The van der Waals surface area contributed by atoms with Crippen molar-refractivity contribution in [2.24, 2.45) is 0 Å². The van der Waals surface area contributed by atoms with Gasteiger partial charge in [0, 0.05) is 26.9 Å². The standard InChI is InChI=1S/C16H13Cl2N/c17-11-7-8-13(15(19)9-11)16(10-5-6-10)12-3-1-2-4-14(12)18/h1-4,7-9H,5-6,19H2. The SMILES string of the molecule is Nc1cc(Cl)ccc1C(=C1CC1)c1ccccc1Cl. The number of hydrogen-bond acceptors (Lipinski definition) is 1. The van der Waals surface area contributed by atoms with Gasteiger partial charge in [0.15, 0.2) is 0 Å². The molecule has 0 bridgehead atoms. The highest BCUT2D eigenvalue weighted by atomic mass is 35.5. The van der Waals surface area contributed by atoms with Gasteiger partial charge in [0.25, 0.3) is 0 Å². The van der Waals surface area contributed by atoms with E-state index < -0.39 is 0 Å². The zero-order chi connectivity index (χ0) is 13.4. The van der Waals surface area contributed by atoms with E-state index in [0.29, 0.717) is 10.7 Å². The first-order valence-electron chi connectivity index (χ1n) is 6.19. The summed E-state index contributed by atoms with van der Waals surface area (Å²) in [5.74, 6) is 0. The molecule has 1 fully saturated rings. The Kier molecular flexibility index (Phi) is 3.26. The van der Waals surface area contributed by atoms with Crippen molar-refractivity contribution in [2.75, 3.05) is 5.73 Å². The monoisotopic (exact) mass is 289 g/mol.